The van der Waals surface area contributed by atoms with Crippen molar-refractivity contribution < 1.29 is 13.2 Å². The van der Waals surface area contributed by atoms with E-state index in [-0.39, 0.29) is 11.4 Å². The van der Waals surface area contributed by atoms with Crippen LogP contribution < -0.4 is 4.74 Å². The minimum atomic E-state index is -2.96. The lowest BCUT2D eigenvalue weighted by atomic mass is 9.97. The fraction of sp³-hybridized carbons (Fsp3) is 0.571. The van der Waals surface area contributed by atoms with E-state index in [1.165, 1.54) is 6.26 Å². The number of benzene rings is 1. The Morgan fingerprint density at radius 2 is 1.95 bits per heavy atom. The molecule has 0 spiro atoms. The van der Waals surface area contributed by atoms with Crippen LogP contribution in [0.3, 0.4) is 0 Å². The van der Waals surface area contributed by atoms with E-state index in [9.17, 15) is 8.42 Å². The average molecular weight is 303 g/mol. The van der Waals surface area contributed by atoms with Gasteiger partial charge in [-0.25, -0.2) is 8.42 Å². The topological polar surface area (TPSA) is 43.4 Å². The molecule has 0 saturated heterocycles. The first-order valence-electron chi connectivity index (χ1n) is 6.49. The molecule has 0 heterocycles. The molecule has 1 aliphatic carbocycles. The standard InChI is InChI=1S/C14H19ClO3S/c1-19(16,17)14-4-2-3-13(9-14)18-12-7-5-11(10-15)6-8-12/h5-8,13-14H,2-4,9-10H2,1H3. The predicted molar refractivity (Wildman–Crippen MR) is 77.5 cm³/mol. The van der Waals surface area contributed by atoms with E-state index in [1.54, 1.807) is 0 Å². The third-order valence-corrected chi connectivity index (χ3v) is 5.51. The molecule has 19 heavy (non-hydrogen) atoms. The fourth-order valence-corrected chi connectivity index (χ4v) is 3.78. The van der Waals surface area contributed by atoms with E-state index in [1.807, 2.05) is 24.3 Å². The molecule has 0 aromatic heterocycles. The molecule has 2 atom stereocenters. The van der Waals surface area contributed by atoms with Crippen molar-refractivity contribution in [2.24, 2.45) is 0 Å². The van der Waals surface area contributed by atoms with Crippen molar-refractivity contribution in [1.29, 1.82) is 0 Å². The van der Waals surface area contributed by atoms with Gasteiger partial charge in [-0.05, 0) is 37.0 Å². The predicted octanol–water partition coefficient (Wildman–Crippen LogP) is 3.16. The maximum Gasteiger partial charge on any atom is 0.150 e. The normalized spacial score (nSPS) is 24.1. The summed E-state index contributed by atoms with van der Waals surface area (Å²) in [5.41, 5.74) is 1.05. The monoisotopic (exact) mass is 302 g/mol. The Kier molecular flexibility index (Phi) is 4.74. The second-order valence-corrected chi connectivity index (χ2v) is 7.73. The van der Waals surface area contributed by atoms with Crippen LogP contribution in [-0.2, 0) is 15.7 Å². The minimum Gasteiger partial charge on any atom is -0.490 e. The van der Waals surface area contributed by atoms with E-state index in [4.69, 9.17) is 16.3 Å². The molecular weight excluding hydrogens is 284 g/mol. The molecule has 0 N–H and O–H groups in total. The maximum atomic E-state index is 11.6. The van der Waals surface area contributed by atoms with E-state index in [2.05, 4.69) is 0 Å². The van der Waals surface area contributed by atoms with Gasteiger partial charge in [-0.3, -0.25) is 0 Å². The summed E-state index contributed by atoms with van der Waals surface area (Å²) >= 11 is 5.73. The summed E-state index contributed by atoms with van der Waals surface area (Å²) < 4.78 is 29.1. The van der Waals surface area contributed by atoms with Gasteiger partial charge in [-0.15, -0.1) is 11.6 Å². The van der Waals surface area contributed by atoms with Gasteiger partial charge >= 0.3 is 0 Å². The molecule has 0 aliphatic heterocycles. The van der Waals surface area contributed by atoms with Gasteiger partial charge < -0.3 is 4.74 Å². The largest absolute Gasteiger partial charge is 0.490 e. The van der Waals surface area contributed by atoms with Crippen molar-refractivity contribution in [3.8, 4) is 5.75 Å². The third-order valence-electron chi connectivity index (χ3n) is 3.56. The SMILES string of the molecule is CS(=O)(=O)C1CCCC(Oc2ccc(CCl)cc2)C1. The molecule has 1 aromatic rings. The summed E-state index contributed by atoms with van der Waals surface area (Å²) in [6.07, 6.45) is 4.48. The highest BCUT2D eigenvalue weighted by molar-refractivity contribution is 7.91. The molecule has 106 valence electrons. The van der Waals surface area contributed by atoms with E-state index in [0.29, 0.717) is 12.3 Å². The number of rotatable bonds is 4. The lowest BCUT2D eigenvalue weighted by Gasteiger charge is -2.28. The second kappa shape index (κ2) is 6.14. The zero-order valence-corrected chi connectivity index (χ0v) is 12.6. The van der Waals surface area contributed by atoms with Crippen LogP contribution in [0.2, 0.25) is 0 Å². The van der Waals surface area contributed by atoms with Crippen LogP contribution in [0.15, 0.2) is 24.3 Å². The highest BCUT2D eigenvalue weighted by Crippen LogP contribution is 2.27. The van der Waals surface area contributed by atoms with Crippen molar-refractivity contribution >= 4 is 21.4 Å². The summed E-state index contributed by atoms with van der Waals surface area (Å²) in [6.45, 7) is 0. The van der Waals surface area contributed by atoms with Crippen LogP contribution >= 0.6 is 11.6 Å². The molecule has 2 unspecified atom stereocenters. The molecule has 1 fully saturated rings. The van der Waals surface area contributed by atoms with Crippen molar-refractivity contribution in [3.63, 3.8) is 0 Å². The Balaban J connectivity index is 1.98. The van der Waals surface area contributed by atoms with Gasteiger partial charge in [0.15, 0.2) is 0 Å². The smallest absolute Gasteiger partial charge is 0.150 e. The van der Waals surface area contributed by atoms with Gasteiger partial charge in [0.05, 0.1) is 11.4 Å². The van der Waals surface area contributed by atoms with Crippen molar-refractivity contribution in [3.05, 3.63) is 29.8 Å². The van der Waals surface area contributed by atoms with Gasteiger partial charge in [0.1, 0.15) is 15.6 Å². The summed E-state index contributed by atoms with van der Waals surface area (Å²) in [5, 5.41) is -0.256. The van der Waals surface area contributed by atoms with Gasteiger partial charge in [-0.1, -0.05) is 12.1 Å². The van der Waals surface area contributed by atoms with Crippen LogP contribution in [0.5, 0.6) is 5.75 Å². The van der Waals surface area contributed by atoms with Crippen LogP contribution in [0.4, 0.5) is 0 Å². The first-order chi connectivity index (χ1) is 8.99. The van der Waals surface area contributed by atoms with Gasteiger partial charge in [0.25, 0.3) is 0 Å². The lowest BCUT2D eigenvalue weighted by Crippen LogP contribution is -2.33. The molecular formula is C14H19ClO3S. The van der Waals surface area contributed by atoms with E-state index >= 15 is 0 Å². The zero-order chi connectivity index (χ0) is 13.9. The summed E-state index contributed by atoms with van der Waals surface area (Å²) in [6, 6.07) is 7.64. The number of ether oxygens (including phenoxy) is 1. The molecule has 5 heteroatoms. The number of alkyl halides is 1. The minimum absolute atomic E-state index is 0.00433. The van der Waals surface area contributed by atoms with Crippen LogP contribution in [0.1, 0.15) is 31.2 Å². The Morgan fingerprint density at radius 1 is 1.26 bits per heavy atom. The number of hydrogen-bond donors (Lipinski definition) is 0. The molecule has 1 aromatic carbocycles. The highest BCUT2D eigenvalue weighted by atomic mass is 35.5. The molecule has 2 rings (SSSR count). The van der Waals surface area contributed by atoms with Crippen molar-refractivity contribution in [2.45, 2.75) is 42.9 Å². The second-order valence-electron chi connectivity index (χ2n) is 5.14. The molecule has 1 saturated carbocycles. The fourth-order valence-electron chi connectivity index (χ4n) is 2.45. The summed E-state index contributed by atoms with van der Waals surface area (Å²) in [5.74, 6) is 1.27. The molecule has 0 radical (unpaired) electrons. The Hall–Kier alpha value is -0.740. The number of sulfone groups is 1. The summed E-state index contributed by atoms with van der Waals surface area (Å²) in [7, 11) is -2.96. The van der Waals surface area contributed by atoms with Crippen molar-refractivity contribution in [1.82, 2.24) is 0 Å². The molecule has 0 bridgehead atoms. The lowest BCUT2D eigenvalue weighted by molar-refractivity contribution is 0.156. The first kappa shape index (κ1) is 14.7. The third kappa shape index (κ3) is 4.11. The highest BCUT2D eigenvalue weighted by Gasteiger charge is 2.29. The Bertz CT molecular complexity index is 510. The maximum absolute atomic E-state index is 11.6. The number of hydrogen-bond acceptors (Lipinski definition) is 3. The average Bonchev–Trinajstić information content (AvgIpc) is 2.39. The van der Waals surface area contributed by atoms with Crippen LogP contribution in [0, 0.1) is 0 Å². The Labute approximate surface area is 119 Å². The molecule has 0 amide bonds. The first-order valence-corrected chi connectivity index (χ1v) is 8.98. The Morgan fingerprint density at radius 3 is 2.53 bits per heavy atom. The van der Waals surface area contributed by atoms with Gasteiger partial charge in [-0.2, -0.15) is 0 Å². The zero-order valence-electron chi connectivity index (χ0n) is 11.0. The number of halogens is 1. The quantitative estimate of drug-likeness (QED) is 0.802. The van der Waals surface area contributed by atoms with E-state index < -0.39 is 9.84 Å². The van der Waals surface area contributed by atoms with Gasteiger partial charge in [0.2, 0.25) is 0 Å². The van der Waals surface area contributed by atoms with Crippen LogP contribution in [-0.4, -0.2) is 26.0 Å². The van der Waals surface area contributed by atoms with Crippen LogP contribution in [0.25, 0.3) is 0 Å². The molecule has 1 aliphatic rings. The molecule has 3 nitrogen and oxygen atoms in total. The van der Waals surface area contributed by atoms with E-state index in [0.717, 1.165) is 30.6 Å². The van der Waals surface area contributed by atoms with Crippen molar-refractivity contribution in [2.75, 3.05) is 6.26 Å². The van der Waals surface area contributed by atoms with Gasteiger partial charge in [0, 0.05) is 18.6 Å². The summed E-state index contributed by atoms with van der Waals surface area (Å²) in [4.78, 5) is 0.